The third kappa shape index (κ3) is 3.19. The predicted octanol–water partition coefficient (Wildman–Crippen LogP) is 3.95. The van der Waals surface area contributed by atoms with Crippen LogP contribution in [-0.4, -0.2) is 16.7 Å². The van der Waals surface area contributed by atoms with Crippen LogP contribution in [-0.2, 0) is 4.79 Å². The molecule has 1 amide bonds. The van der Waals surface area contributed by atoms with Crippen molar-refractivity contribution in [1.29, 1.82) is 0 Å². The van der Waals surface area contributed by atoms with Crippen LogP contribution in [0.4, 0.5) is 5.69 Å². The van der Waals surface area contributed by atoms with Crippen molar-refractivity contribution < 1.29 is 9.53 Å². The quantitative estimate of drug-likeness (QED) is 0.610. The van der Waals surface area contributed by atoms with Crippen molar-refractivity contribution in [3.8, 4) is 5.75 Å². The molecule has 2 aliphatic heterocycles. The molecule has 2 bridgehead atoms. The van der Waals surface area contributed by atoms with Crippen LogP contribution in [0.15, 0.2) is 40.9 Å². The van der Waals surface area contributed by atoms with Gasteiger partial charge in [-0.2, -0.15) is 0 Å². The molecule has 0 aromatic heterocycles. The first kappa shape index (κ1) is 18.3. The van der Waals surface area contributed by atoms with E-state index in [1.54, 1.807) is 0 Å². The first-order valence-electron chi connectivity index (χ1n) is 8.72. The van der Waals surface area contributed by atoms with E-state index in [1.807, 2.05) is 57.2 Å². The number of benzene rings is 2. The monoisotopic (exact) mass is 445 g/mol. The summed E-state index contributed by atoms with van der Waals surface area (Å²) < 4.78 is 7.14. The first-order valence-corrected chi connectivity index (χ1v) is 9.92. The van der Waals surface area contributed by atoms with Crippen molar-refractivity contribution >= 4 is 44.9 Å². The molecule has 3 N–H and O–H groups in total. The number of carbonyl (C=O) groups excluding carboxylic acids is 1. The van der Waals surface area contributed by atoms with Crippen molar-refractivity contribution in [2.24, 2.45) is 5.92 Å². The van der Waals surface area contributed by atoms with E-state index in [9.17, 15) is 4.79 Å². The summed E-state index contributed by atoms with van der Waals surface area (Å²) in [4.78, 5) is 13.3. The van der Waals surface area contributed by atoms with Gasteiger partial charge in [0, 0.05) is 15.7 Å². The number of anilines is 1. The molecule has 2 heterocycles. The molecule has 2 aromatic rings. The average Bonchev–Trinajstić information content (AvgIpc) is 2.57. The van der Waals surface area contributed by atoms with Gasteiger partial charge in [0.15, 0.2) is 10.8 Å². The van der Waals surface area contributed by atoms with Gasteiger partial charge in [0.2, 0.25) is 5.91 Å². The highest BCUT2D eigenvalue weighted by Gasteiger charge is 2.54. The van der Waals surface area contributed by atoms with Crippen LogP contribution in [0.25, 0.3) is 0 Å². The third-order valence-corrected chi connectivity index (χ3v) is 5.84. The highest BCUT2D eigenvalue weighted by molar-refractivity contribution is 9.10. The standard InChI is InChI=1S/C20H20BrN3O2S/c1-10-4-6-14(11(2)8-10)22-18(25)16-17-13-9-12(21)5-7-15(13)26-20(16,3)24-19(27)23-17/h4-9,16-17H,1-3H3,(H,22,25)(H2,23,24,27). The van der Waals surface area contributed by atoms with Crippen LogP contribution >= 0.6 is 28.1 Å². The van der Waals surface area contributed by atoms with E-state index in [-0.39, 0.29) is 11.9 Å². The maximum atomic E-state index is 13.3. The number of halogens is 1. The summed E-state index contributed by atoms with van der Waals surface area (Å²) in [6.07, 6.45) is 0. The number of carbonyl (C=O) groups is 1. The van der Waals surface area contributed by atoms with Gasteiger partial charge in [0.1, 0.15) is 11.7 Å². The van der Waals surface area contributed by atoms with E-state index in [2.05, 4.69) is 31.9 Å². The summed E-state index contributed by atoms with van der Waals surface area (Å²) in [5.74, 6) is 0.109. The van der Waals surface area contributed by atoms with Crippen molar-refractivity contribution in [1.82, 2.24) is 10.6 Å². The van der Waals surface area contributed by atoms with E-state index in [1.165, 1.54) is 0 Å². The number of ether oxygens (including phenoxy) is 1. The maximum absolute atomic E-state index is 13.3. The Kier molecular flexibility index (Phi) is 4.39. The molecule has 2 aliphatic rings. The van der Waals surface area contributed by atoms with Crippen molar-refractivity contribution in [2.45, 2.75) is 32.5 Å². The van der Waals surface area contributed by atoms with Gasteiger partial charge >= 0.3 is 0 Å². The maximum Gasteiger partial charge on any atom is 0.236 e. The van der Waals surface area contributed by atoms with Crippen molar-refractivity contribution in [2.75, 3.05) is 5.32 Å². The Morgan fingerprint density at radius 1 is 1.26 bits per heavy atom. The molecule has 27 heavy (non-hydrogen) atoms. The summed E-state index contributed by atoms with van der Waals surface area (Å²) in [6, 6.07) is 11.5. The number of amides is 1. The Labute approximate surface area is 172 Å². The number of thiocarbonyl (C=S) groups is 1. The second kappa shape index (κ2) is 6.49. The smallest absolute Gasteiger partial charge is 0.236 e. The van der Waals surface area contributed by atoms with Gasteiger partial charge in [0.05, 0.1) is 6.04 Å². The zero-order valence-electron chi connectivity index (χ0n) is 15.2. The Morgan fingerprint density at radius 2 is 2.04 bits per heavy atom. The molecule has 7 heteroatoms. The topological polar surface area (TPSA) is 62.4 Å². The lowest BCUT2D eigenvalue weighted by Crippen LogP contribution is -2.70. The van der Waals surface area contributed by atoms with E-state index in [4.69, 9.17) is 17.0 Å². The van der Waals surface area contributed by atoms with Gasteiger partial charge in [-0.1, -0.05) is 33.6 Å². The third-order valence-electron chi connectivity index (χ3n) is 5.13. The molecule has 140 valence electrons. The summed E-state index contributed by atoms with van der Waals surface area (Å²) >= 11 is 8.86. The largest absolute Gasteiger partial charge is 0.467 e. The molecular weight excluding hydrogens is 426 g/mol. The minimum absolute atomic E-state index is 0.123. The predicted molar refractivity (Wildman–Crippen MR) is 113 cm³/mol. The molecule has 2 aromatic carbocycles. The number of rotatable bonds is 2. The van der Waals surface area contributed by atoms with E-state index >= 15 is 0 Å². The lowest BCUT2D eigenvalue weighted by atomic mass is 9.80. The van der Waals surface area contributed by atoms with Crippen molar-refractivity contribution in [3.05, 3.63) is 57.6 Å². The number of fused-ring (bicyclic) bond motifs is 4. The second-order valence-corrected chi connectivity index (χ2v) is 8.58. The lowest BCUT2D eigenvalue weighted by molar-refractivity contribution is -0.132. The van der Waals surface area contributed by atoms with E-state index in [0.29, 0.717) is 5.11 Å². The molecule has 0 spiro atoms. The normalized spacial score (nSPS) is 25.6. The molecule has 0 saturated carbocycles. The SMILES string of the molecule is Cc1ccc(NC(=O)C2C3NC(=S)NC2(C)Oc2ccc(Br)cc23)c(C)c1. The van der Waals surface area contributed by atoms with Gasteiger partial charge in [-0.25, -0.2) is 0 Å². The zero-order valence-corrected chi connectivity index (χ0v) is 17.6. The average molecular weight is 446 g/mol. The summed E-state index contributed by atoms with van der Waals surface area (Å²) in [7, 11) is 0. The fourth-order valence-electron chi connectivity index (χ4n) is 3.88. The molecule has 4 rings (SSSR count). The molecular formula is C20H20BrN3O2S. The molecule has 0 aliphatic carbocycles. The highest BCUT2D eigenvalue weighted by Crippen LogP contribution is 2.46. The van der Waals surface area contributed by atoms with Crippen LogP contribution < -0.4 is 20.7 Å². The Balaban J connectivity index is 1.73. The second-order valence-electron chi connectivity index (χ2n) is 7.25. The fourth-order valence-corrected chi connectivity index (χ4v) is 4.59. The Hall–Kier alpha value is -2.12. The number of aryl methyl sites for hydroxylation is 2. The number of nitrogens with one attached hydrogen (secondary N) is 3. The lowest BCUT2D eigenvalue weighted by Gasteiger charge is -2.50. The molecule has 3 atom stereocenters. The van der Waals surface area contributed by atoms with Gasteiger partial charge in [0.25, 0.3) is 0 Å². The van der Waals surface area contributed by atoms with Gasteiger partial charge < -0.3 is 20.7 Å². The Morgan fingerprint density at radius 3 is 2.78 bits per heavy atom. The van der Waals surface area contributed by atoms with Crippen LogP contribution in [0.1, 0.15) is 29.7 Å². The summed E-state index contributed by atoms with van der Waals surface area (Å²) in [5, 5.41) is 9.94. The zero-order chi connectivity index (χ0) is 19.3. The van der Waals surface area contributed by atoms with Crippen LogP contribution in [0, 0.1) is 19.8 Å². The van der Waals surface area contributed by atoms with Gasteiger partial charge in [-0.15, -0.1) is 0 Å². The van der Waals surface area contributed by atoms with Crippen LogP contribution in [0.5, 0.6) is 5.75 Å². The summed E-state index contributed by atoms with van der Waals surface area (Å²) in [6.45, 7) is 5.88. The molecule has 1 fully saturated rings. The van der Waals surface area contributed by atoms with Crippen molar-refractivity contribution in [3.63, 3.8) is 0 Å². The molecule has 0 radical (unpaired) electrons. The van der Waals surface area contributed by atoms with Crippen LogP contribution in [0.3, 0.4) is 0 Å². The molecule has 1 saturated heterocycles. The molecule has 3 unspecified atom stereocenters. The van der Waals surface area contributed by atoms with Crippen LogP contribution in [0.2, 0.25) is 0 Å². The fraction of sp³-hybridized carbons (Fsp3) is 0.300. The Bertz CT molecular complexity index is 964. The minimum Gasteiger partial charge on any atom is -0.467 e. The van der Waals surface area contributed by atoms with E-state index in [0.717, 1.165) is 32.6 Å². The van der Waals surface area contributed by atoms with E-state index < -0.39 is 11.6 Å². The molecule has 5 nitrogen and oxygen atoms in total. The number of hydrogen-bond donors (Lipinski definition) is 3. The number of hydrogen-bond acceptors (Lipinski definition) is 3. The van der Waals surface area contributed by atoms with Gasteiger partial charge in [-0.05, 0) is 62.8 Å². The van der Waals surface area contributed by atoms with Gasteiger partial charge in [-0.3, -0.25) is 4.79 Å². The highest BCUT2D eigenvalue weighted by atomic mass is 79.9. The summed E-state index contributed by atoms with van der Waals surface area (Å²) in [5.41, 5.74) is 2.95. The first-order chi connectivity index (χ1) is 12.8. The minimum atomic E-state index is -0.934.